The lowest BCUT2D eigenvalue weighted by Crippen LogP contribution is -2.97. The van der Waals surface area contributed by atoms with Crippen molar-refractivity contribution in [3.8, 4) is 24.3 Å². The smallest absolute Gasteiger partial charge is 0.290 e. The van der Waals surface area contributed by atoms with Gasteiger partial charge in [-0.05, 0) is 0 Å². The van der Waals surface area contributed by atoms with Crippen LogP contribution in [0.1, 0.15) is 0 Å². The van der Waals surface area contributed by atoms with Crippen LogP contribution in [-0.2, 0) is 0 Å². The van der Waals surface area contributed by atoms with Crippen LogP contribution in [0.2, 0.25) is 0 Å². The summed E-state index contributed by atoms with van der Waals surface area (Å²) in [6.45, 7) is 0. The maximum Gasteiger partial charge on any atom is 0.517 e. The van der Waals surface area contributed by atoms with Crippen LogP contribution in [0.15, 0.2) is 11.4 Å². The van der Waals surface area contributed by atoms with Crippen LogP contribution in [-0.4, -0.2) is 35.2 Å². The first-order chi connectivity index (χ1) is 11.5. The van der Waals surface area contributed by atoms with E-state index < -0.39 is 23.5 Å². The molecule has 2 heterocycles. The van der Waals surface area contributed by atoms with Gasteiger partial charge in [0, 0.05) is 4.67 Å². The lowest BCUT2D eigenvalue weighted by Gasteiger charge is -2.00. The lowest BCUT2D eigenvalue weighted by atomic mass is 10.2. The predicted molar refractivity (Wildman–Crippen MR) is 77.9 cm³/mol. The topological polar surface area (TPSA) is 226 Å². The monoisotopic (exact) mass is 323 g/mol. The van der Waals surface area contributed by atoms with Gasteiger partial charge in [-0.3, -0.25) is 21.7 Å². The normalized spacial score (nSPS) is 16.7. The molecule has 2 rings (SSSR count). The summed E-state index contributed by atoms with van der Waals surface area (Å²) in [5.41, 5.74) is 8.30. The van der Waals surface area contributed by atoms with Crippen molar-refractivity contribution in [2.24, 2.45) is 0 Å². The van der Waals surface area contributed by atoms with Crippen LogP contribution < -0.4 is 31.7 Å². The first-order valence-corrected chi connectivity index (χ1v) is 6.49. The Balaban J connectivity index is 2.32. The summed E-state index contributed by atoms with van der Waals surface area (Å²) in [4.78, 5) is 0. The molecule has 2 atom stereocenters. The van der Waals surface area contributed by atoms with Gasteiger partial charge in [-0.25, -0.2) is 10.6 Å². The van der Waals surface area contributed by atoms with E-state index in [1.807, 2.05) is 12.1 Å². The van der Waals surface area contributed by atoms with Crippen molar-refractivity contribution in [3.05, 3.63) is 11.4 Å². The zero-order valence-electron chi connectivity index (χ0n) is 12.0. The second-order valence-corrected chi connectivity index (χ2v) is 4.61. The summed E-state index contributed by atoms with van der Waals surface area (Å²) < 4.78 is 4.25. The van der Waals surface area contributed by atoms with Gasteiger partial charge in [-0.1, -0.05) is 0 Å². The minimum Gasteiger partial charge on any atom is -0.290 e. The van der Waals surface area contributed by atoms with E-state index in [1.165, 1.54) is 10.6 Å². The zero-order valence-corrected chi connectivity index (χ0v) is 12.0. The van der Waals surface area contributed by atoms with E-state index in [-0.39, 0.29) is 0 Å². The molecule has 12 nitrogen and oxygen atoms in total. The number of nitrogens with two attached hydrogens (primary N) is 2. The van der Waals surface area contributed by atoms with E-state index in [4.69, 9.17) is 31.9 Å². The number of nitriles is 4. The van der Waals surface area contributed by atoms with Crippen molar-refractivity contribution in [2.45, 2.75) is 12.1 Å². The molecule has 0 aromatic heterocycles. The van der Waals surface area contributed by atoms with Gasteiger partial charge >= 0.3 is 11.7 Å². The van der Waals surface area contributed by atoms with Gasteiger partial charge in [-0.2, -0.15) is 21.0 Å². The predicted octanol–water partition coefficient (Wildman–Crippen LogP) is -5.31. The molecule has 12 heteroatoms. The molecule has 0 radical (unpaired) electrons. The van der Waals surface area contributed by atoms with Crippen LogP contribution in [0.25, 0.3) is 0 Å². The van der Waals surface area contributed by atoms with Gasteiger partial charge in [0.05, 0.1) is 0 Å². The minimum absolute atomic E-state index is 0.306. The molecule has 0 aromatic rings. The quantitative estimate of drug-likeness (QED) is 0.196. The van der Waals surface area contributed by atoms with Crippen molar-refractivity contribution in [3.63, 3.8) is 0 Å². The van der Waals surface area contributed by atoms with Crippen LogP contribution in [0.3, 0.4) is 0 Å². The molecule has 0 bridgehead atoms. The summed E-state index contributed by atoms with van der Waals surface area (Å²) in [7, 11) is 0. The lowest BCUT2D eigenvalue weighted by molar-refractivity contribution is -0.551. The molecule has 116 valence electrons. The van der Waals surface area contributed by atoms with Crippen LogP contribution in [0.4, 0.5) is 0 Å². The summed E-state index contributed by atoms with van der Waals surface area (Å²) in [6, 6.07) is 4.76. The van der Waals surface area contributed by atoms with Gasteiger partial charge in [0.25, 0.3) is 0 Å². The van der Waals surface area contributed by atoms with Crippen molar-refractivity contribution >= 4 is 23.1 Å². The molecular weight excluding hydrogens is 312 g/mol. The molecule has 9 N–H and O–H groups in total. The Kier molecular flexibility index (Phi) is 4.64. The van der Waals surface area contributed by atoms with E-state index >= 15 is 0 Å². The minimum atomic E-state index is -1.06. The van der Waals surface area contributed by atoms with Gasteiger partial charge in [0.15, 0.2) is 11.4 Å². The Morgan fingerprint density at radius 2 is 1.29 bits per heavy atom. The molecule has 24 heavy (non-hydrogen) atoms. The Morgan fingerprint density at radius 1 is 0.875 bits per heavy atom. The second-order valence-electron chi connectivity index (χ2n) is 4.61. The highest BCUT2D eigenvalue weighted by Crippen LogP contribution is 2.02. The van der Waals surface area contributed by atoms with Crippen LogP contribution in [0.5, 0.6) is 0 Å². The fourth-order valence-electron chi connectivity index (χ4n) is 1.97. The van der Waals surface area contributed by atoms with Gasteiger partial charge in [0.1, 0.15) is 24.3 Å². The van der Waals surface area contributed by atoms with Gasteiger partial charge in [0.2, 0.25) is 23.5 Å². The number of amidine groups is 2. The molecule has 0 fully saturated rings. The number of hydrazine groups is 2. The third-order valence-electron chi connectivity index (χ3n) is 3.17. The first-order valence-electron chi connectivity index (χ1n) is 6.49. The largest absolute Gasteiger partial charge is 0.517 e. The molecule has 2 aliphatic heterocycles. The molecule has 0 amide bonds. The van der Waals surface area contributed by atoms with Gasteiger partial charge < -0.3 is 0 Å². The van der Waals surface area contributed by atoms with Crippen molar-refractivity contribution in [1.29, 1.82) is 31.9 Å². The van der Waals surface area contributed by atoms with Crippen LogP contribution in [0, 0.1) is 56.1 Å². The molecule has 0 spiro atoms. The molecule has 2 unspecified atom stereocenters. The van der Waals surface area contributed by atoms with E-state index in [0.29, 0.717) is 23.1 Å². The zero-order chi connectivity index (χ0) is 17.7. The van der Waals surface area contributed by atoms with Gasteiger partial charge in [-0.15, -0.1) is 5.53 Å². The number of nitrogens with zero attached hydrogens (tertiary/aromatic N) is 5. The third-order valence-corrected chi connectivity index (χ3v) is 3.17. The summed E-state index contributed by atoms with van der Waals surface area (Å²) in [5.74, 6) is 0.612. The molecule has 0 aliphatic carbocycles. The van der Waals surface area contributed by atoms with Crippen molar-refractivity contribution in [1.82, 2.24) is 21.1 Å². The first kappa shape index (κ1) is 16.3. The SMILES string of the molecule is N#CC(=N)C(C#N)[NH2+]C1=[N+]=C([NH2+]C(C#N)C(=N)C#N)C2=C1NNN2. The number of hydrogen-bond donors (Lipinski definition) is 7. The Bertz CT molecular complexity index is 805. The molecule has 2 aliphatic rings. The van der Waals surface area contributed by atoms with E-state index in [0.717, 1.165) is 0 Å². The standard InChI is InChI=1S/C12H8N12/c13-1-5(17)7(3-15)19-11-9-10(23-24-22-9)12(21-11)20-8(4-16)6(18)2-14/h7-8,17-18H,(H4,19,20,21,22,23,24)/p+3. The Morgan fingerprint density at radius 3 is 1.62 bits per heavy atom. The summed E-state index contributed by atoms with van der Waals surface area (Å²) in [5, 5.41) is 53.2. The molecule has 0 saturated heterocycles. The summed E-state index contributed by atoms with van der Waals surface area (Å²) >= 11 is 0. The maximum atomic E-state index is 9.06. The van der Waals surface area contributed by atoms with E-state index in [2.05, 4.69) is 21.1 Å². The molecule has 0 saturated carbocycles. The average molecular weight is 323 g/mol. The third kappa shape index (κ3) is 2.94. The number of quaternary nitrogens is 2. The number of hydrogen-bond acceptors (Lipinski definition) is 9. The number of nitrogens with one attached hydrogen (secondary N) is 5. The number of rotatable bonds is 4. The highest BCUT2D eigenvalue weighted by molar-refractivity contribution is 6.10. The van der Waals surface area contributed by atoms with Crippen LogP contribution >= 0.6 is 0 Å². The fraction of sp³-hybridized carbons (Fsp3) is 0.167. The Labute approximate surface area is 135 Å². The highest BCUT2D eigenvalue weighted by Gasteiger charge is 2.48. The maximum absolute atomic E-state index is 9.06. The van der Waals surface area contributed by atoms with E-state index in [9.17, 15) is 0 Å². The second kappa shape index (κ2) is 6.82. The van der Waals surface area contributed by atoms with Crippen molar-refractivity contribution < 1.29 is 10.6 Å². The van der Waals surface area contributed by atoms with E-state index in [1.54, 1.807) is 12.1 Å². The van der Waals surface area contributed by atoms with Crippen molar-refractivity contribution in [2.75, 3.05) is 0 Å². The molecular formula is C12H11N12+3. The summed E-state index contributed by atoms with van der Waals surface area (Å²) in [6.07, 6.45) is 0. The average Bonchev–Trinajstić information content (AvgIpc) is 3.20. The Hall–Kier alpha value is -4.03. The highest BCUT2D eigenvalue weighted by atomic mass is 15.6. The fourth-order valence-corrected chi connectivity index (χ4v) is 1.97. The molecule has 0 aromatic carbocycles.